The van der Waals surface area contributed by atoms with Crippen LogP contribution in [0.1, 0.15) is 36.1 Å². The van der Waals surface area contributed by atoms with Crippen LogP contribution in [0.4, 0.5) is 14.5 Å². The molecule has 3 saturated heterocycles. The highest BCUT2D eigenvalue weighted by molar-refractivity contribution is 7.87. The number of benzene rings is 4. The molecule has 0 radical (unpaired) electrons. The van der Waals surface area contributed by atoms with Crippen LogP contribution in [0.3, 0.4) is 0 Å². The van der Waals surface area contributed by atoms with Gasteiger partial charge >= 0.3 is 10.1 Å². The molecule has 0 aliphatic carbocycles. The monoisotopic (exact) mass is 887 g/mol. The Morgan fingerprint density at radius 3 is 1.98 bits per heavy atom. The Morgan fingerprint density at radius 2 is 1.34 bits per heavy atom. The summed E-state index contributed by atoms with van der Waals surface area (Å²) in [6.45, 7) is -1.70. The number of nitrogens with zero attached hydrogens (tertiary/aromatic N) is 1. The third kappa shape index (κ3) is 9.54. The Bertz CT molecular complexity index is 2250. The van der Waals surface area contributed by atoms with Crippen molar-refractivity contribution in [2.24, 2.45) is 5.92 Å². The number of carbonyl (C=O) groups excluding carboxylic acids is 1. The normalized spacial score (nSPS) is 30.7. The molecule has 7 rings (SSSR count). The first kappa shape index (κ1) is 45.5. The number of aliphatic hydroxyl groups excluding tert-OH is 8. The minimum atomic E-state index is -4.82. The van der Waals surface area contributed by atoms with Gasteiger partial charge in [-0.05, 0) is 72.0 Å². The van der Waals surface area contributed by atoms with Crippen molar-refractivity contribution in [1.82, 2.24) is 0 Å². The molecule has 0 spiro atoms. The molecule has 62 heavy (non-hydrogen) atoms. The van der Waals surface area contributed by atoms with Crippen molar-refractivity contribution in [1.29, 1.82) is 0 Å². The molecule has 19 heteroatoms. The van der Waals surface area contributed by atoms with Crippen LogP contribution in [0.2, 0.25) is 0 Å². The fraction of sp³-hybridized carbons (Fsp3) is 0.419. The smallest absolute Gasteiger partial charge is 0.311 e. The van der Waals surface area contributed by atoms with Gasteiger partial charge in [0.15, 0.2) is 6.29 Å². The van der Waals surface area contributed by atoms with Gasteiger partial charge in [0, 0.05) is 11.3 Å². The maximum absolute atomic E-state index is 14.1. The van der Waals surface area contributed by atoms with Gasteiger partial charge in [0.1, 0.15) is 78.1 Å². The van der Waals surface area contributed by atoms with Crippen molar-refractivity contribution < 1.29 is 81.2 Å². The van der Waals surface area contributed by atoms with Crippen molar-refractivity contribution in [3.05, 3.63) is 120 Å². The van der Waals surface area contributed by atoms with Gasteiger partial charge in [-0.25, -0.2) is 8.78 Å². The van der Waals surface area contributed by atoms with Crippen LogP contribution in [-0.4, -0.2) is 135 Å². The maximum atomic E-state index is 14.1. The van der Waals surface area contributed by atoms with Crippen molar-refractivity contribution in [2.45, 2.75) is 86.2 Å². The fourth-order valence-electron chi connectivity index (χ4n) is 8.10. The second-order valence-electron chi connectivity index (χ2n) is 15.5. The second-order valence-corrected chi connectivity index (χ2v) is 17.1. The van der Waals surface area contributed by atoms with Crippen LogP contribution < -0.4 is 9.08 Å². The van der Waals surface area contributed by atoms with E-state index in [2.05, 4.69) is 0 Å². The molecule has 4 aromatic rings. The lowest BCUT2D eigenvalue weighted by molar-refractivity contribution is -0.341. The maximum Gasteiger partial charge on any atom is 0.311 e. The van der Waals surface area contributed by atoms with Crippen LogP contribution in [0.15, 0.2) is 97.1 Å². The Labute approximate surface area is 354 Å². The van der Waals surface area contributed by atoms with Gasteiger partial charge in [-0.15, -0.1) is 0 Å². The summed E-state index contributed by atoms with van der Waals surface area (Å²) in [5, 5.41) is 83.9. The van der Waals surface area contributed by atoms with Crippen LogP contribution in [0.5, 0.6) is 5.75 Å². The van der Waals surface area contributed by atoms with Gasteiger partial charge in [0.25, 0.3) is 0 Å². The summed E-state index contributed by atoms with van der Waals surface area (Å²) >= 11 is 0. The van der Waals surface area contributed by atoms with E-state index in [4.69, 9.17) is 18.4 Å². The molecule has 0 aromatic heterocycles. The quantitative estimate of drug-likeness (QED) is 0.0618. The largest absolute Gasteiger partial charge is 0.394 e. The van der Waals surface area contributed by atoms with Crippen LogP contribution in [0, 0.1) is 17.6 Å². The van der Waals surface area contributed by atoms with Crippen molar-refractivity contribution in [3.63, 3.8) is 0 Å². The molecule has 4 aromatic carbocycles. The Kier molecular flexibility index (Phi) is 14.0. The average Bonchev–Trinajstić information content (AvgIpc) is 3.26. The van der Waals surface area contributed by atoms with Crippen LogP contribution >= 0.6 is 0 Å². The van der Waals surface area contributed by atoms with Crippen molar-refractivity contribution in [3.8, 4) is 16.9 Å². The Balaban J connectivity index is 1.17. The first-order chi connectivity index (χ1) is 29.6. The van der Waals surface area contributed by atoms with Crippen molar-refractivity contribution in [2.75, 3.05) is 23.9 Å². The molecule has 16 nitrogen and oxygen atoms in total. The van der Waals surface area contributed by atoms with E-state index in [0.717, 1.165) is 12.1 Å². The lowest BCUT2D eigenvalue weighted by Crippen LogP contribution is -2.65. The standard InChI is InChI=1S/C43H47F2NO15S/c44-25-9-6-23(7-10-25)30(49)17-16-29-35(46(42(29)55)27-13-11-26(45)12-14-27)28-15-8-24(22-4-2-1-3-5-22)18-31(28)61-62(56,57)21-34-37(51)39(53)41(33(20-48)58-34)60-43-40(54)38(52)36(50)32(19-47)59-43/h1-15,18,29-30,32-41,43,47-54H,16-17,19-21H2/t29-,30+,32-,33-,34+,35-,36-,37+,38+,39-,40-,41?,43+/m1/s1. The molecule has 0 saturated carbocycles. The molecule has 8 N–H and O–H groups in total. The zero-order valence-corrected chi connectivity index (χ0v) is 33.6. The number of rotatable bonds is 15. The zero-order valence-electron chi connectivity index (χ0n) is 32.8. The van der Waals surface area contributed by atoms with Crippen LogP contribution in [0.25, 0.3) is 11.1 Å². The lowest BCUT2D eigenvalue weighted by atomic mass is 9.77. The number of hydrogen-bond donors (Lipinski definition) is 8. The van der Waals surface area contributed by atoms with E-state index in [0.29, 0.717) is 22.4 Å². The summed E-state index contributed by atoms with van der Waals surface area (Å²) in [7, 11) is -4.82. The molecular formula is C43H47F2NO15S. The Hall–Kier alpha value is -4.48. The number of hydrogen-bond acceptors (Lipinski definition) is 15. The fourth-order valence-corrected chi connectivity index (χ4v) is 9.27. The summed E-state index contributed by atoms with van der Waals surface area (Å²) < 4.78 is 78.2. The van der Waals surface area contributed by atoms with E-state index in [-0.39, 0.29) is 24.2 Å². The molecule has 3 aliphatic rings. The van der Waals surface area contributed by atoms with E-state index in [9.17, 15) is 62.8 Å². The number of carbonyl (C=O) groups is 1. The molecule has 1 amide bonds. The molecule has 13 atom stereocenters. The summed E-state index contributed by atoms with van der Waals surface area (Å²) in [6, 6.07) is 23.0. The molecule has 1 unspecified atom stereocenters. The molecule has 0 bridgehead atoms. The zero-order chi connectivity index (χ0) is 44.5. The third-order valence-corrected chi connectivity index (χ3v) is 12.6. The van der Waals surface area contributed by atoms with E-state index < -0.39 is 126 Å². The van der Waals surface area contributed by atoms with Gasteiger partial charge in [-0.1, -0.05) is 54.6 Å². The van der Waals surface area contributed by atoms with E-state index in [1.54, 1.807) is 42.5 Å². The predicted molar refractivity (Wildman–Crippen MR) is 213 cm³/mol. The summed E-state index contributed by atoms with van der Waals surface area (Å²) in [5.41, 5.74) is 2.11. The lowest BCUT2D eigenvalue weighted by Gasteiger charge is -2.48. The highest BCUT2D eigenvalue weighted by Crippen LogP contribution is 2.50. The number of anilines is 1. The molecular weight excluding hydrogens is 841 g/mol. The molecule has 3 fully saturated rings. The minimum absolute atomic E-state index is 0.0543. The van der Waals surface area contributed by atoms with Crippen LogP contribution in [-0.2, 0) is 29.1 Å². The van der Waals surface area contributed by atoms with Gasteiger partial charge in [0.2, 0.25) is 5.91 Å². The first-order valence-corrected chi connectivity index (χ1v) is 21.4. The van der Waals surface area contributed by atoms with E-state index >= 15 is 0 Å². The van der Waals surface area contributed by atoms with Crippen molar-refractivity contribution >= 4 is 21.7 Å². The number of β-lactam (4-membered cyclic amide) rings is 1. The number of amides is 1. The minimum Gasteiger partial charge on any atom is -0.394 e. The van der Waals surface area contributed by atoms with Gasteiger partial charge in [0.05, 0.1) is 31.3 Å². The highest BCUT2D eigenvalue weighted by atomic mass is 32.2. The summed E-state index contributed by atoms with van der Waals surface area (Å²) in [4.78, 5) is 15.3. The molecule has 3 aliphatic heterocycles. The van der Waals surface area contributed by atoms with Gasteiger partial charge in [-0.2, -0.15) is 8.42 Å². The topological polar surface area (TPSA) is 253 Å². The first-order valence-electron chi connectivity index (χ1n) is 19.8. The molecule has 334 valence electrons. The highest BCUT2D eigenvalue weighted by Gasteiger charge is 2.52. The average molecular weight is 888 g/mol. The second kappa shape index (κ2) is 19.1. The summed E-state index contributed by atoms with van der Waals surface area (Å²) in [6.07, 6.45) is -18.6. The van der Waals surface area contributed by atoms with E-state index in [1.165, 1.54) is 47.4 Å². The summed E-state index contributed by atoms with van der Waals surface area (Å²) in [5.74, 6) is -3.64. The number of ether oxygens (including phenoxy) is 3. The third-order valence-electron chi connectivity index (χ3n) is 11.5. The predicted octanol–water partition coefficient (Wildman–Crippen LogP) is 1.22. The Morgan fingerprint density at radius 1 is 0.710 bits per heavy atom. The van der Waals surface area contributed by atoms with E-state index in [1.807, 2.05) is 0 Å². The molecule has 3 heterocycles. The SMILES string of the molecule is O=C1[C@H](CC[C@H](O)c2ccc(F)cc2)[C@@H](c2ccc(-c3ccccc3)cc2OS(=O)(=O)C[C@@H]2O[C@H](CO)C(O[C@@H]3O[C@H](CO)[C@@H](O)[C@H](O)[C@H]3O)[C@H](O)[C@H]2O)N1c1ccc(F)cc1. The number of halogens is 2. The van der Waals surface area contributed by atoms with Gasteiger partial charge in [-0.3, -0.25) is 4.79 Å². The van der Waals surface area contributed by atoms with Gasteiger partial charge < -0.3 is 64.1 Å². The number of aliphatic hydroxyl groups is 8.